The third-order valence-corrected chi connectivity index (χ3v) is 4.43. The number of aromatic amines is 1. The first-order chi connectivity index (χ1) is 14.6. The van der Waals surface area contributed by atoms with Gasteiger partial charge in [0.05, 0.1) is 17.5 Å². The predicted molar refractivity (Wildman–Crippen MR) is 108 cm³/mol. The van der Waals surface area contributed by atoms with Crippen molar-refractivity contribution in [2.75, 3.05) is 25.1 Å². The van der Waals surface area contributed by atoms with Crippen LogP contribution in [0, 0.1) is 0 Å². The van der Waals surface area contributed by atoms with Crippen LogP contribution < -0.4 is 20.3 Å². The van der Waals surface area contributed by atoms with Crippen LogP contribution in [0.4, 0.5) is 5.69 Å². The van der Waals surface area contributed by atoms with Gasteiger partial charge in [0, 0.05) is 18.2 Å². The molecule has 0 saturated heterocycles. The number of hydrogen-bond donors (Lipinski definition) is 2. The monoisotopic (exact) mass is 409 g/mol. The van der Waals surface area contributed by atoms with Gasteiger partial charge in [0.25, 0.3) is 11.5 Å². The molecular weight excluding hydrogens is 390 g/mol. The van der Waals surface area contributed by atoms with E-state index in [1.807, 2.05) is 6.07 Å². The van der Waals surface area contributed by atoms with Gasteiger partial charge in [-0.25, -0.2) is 4.98 Å². The van der Waals surface area contributed by atoms with Gasteiger partial charge < -0.3 is 24.5 Å². The molecule has 0 fully saturated rings. The van der Waals surface area contributed by atoms with Crippen molar-refractivity contribution in [2.45, 2.75) is 12.8 Å². The molecule has 1 aromatic heterocycles. The van der Waals surface area contributed by atoms with Crippen LogP contribution in [0.3, 0.4) is 0 Å². The number of benzene rings is 2. The van der Waals surface area contributed by atoms with Crippen LogP contribution in [0.5, 0.6) is 11.5 Å². The maximum absolute atomic E-state index is 12.1. The summed E-state index contributed by atoms with van der Waals surface area (Å²) in [5.74, 6) is 0.0792. The number of para-hydroxylation sites is 2. The van der Waals surface area contributed by atoms with Gasteiger partial charge in [-0.05, 0) is 24.3 Å². The average molecular weight is 409 g/mol. The molecule has 154 valence electrons. The Labute approximate surface area is 171 Å². The van der Waals surface area contributed by atoms with E-state index in [0.29, 0.717) is 41.4 Å². The van der Waals surface area contributed by atoms with E-state index >= 15 is 0 Å². The van der Waals surface area contributed by atoms with E-state index in [2.05, 4.69) is 15.3 Å². The van der Waals surface area contributed by atoms with Crippen LogP contribution in [-0.4, -0.2) is 41.7 Å². The highest BCUT2D eigenvalue weighted by atomic mass is 16.6. The number of carbonyl (C=O) groups excluding carboxylic acids is 2. The van der Waals surface area contributed by atoms with Crippen LogP contribution in [0.2, 0.25) is 0 Å². The quantitative estimate of drug-likeness (QED) is 0.596. The molecule has 0 saturated carbocycles. The zero-order valence-corrected chi connectivity index (χ0v) is 16.0. The number of esters is 1. The number of anilines is 1. The summed E-state index contributed by atoms with van der Waals surface area (Å²) in [5, 5.41) is 2.63. The third-order valence-electron chi connectivity index (χ3n) is 4.43. The first-order valence-corrected chi connectivity index (χ1v) is 9.41. The van der Waals surface area contributed by atoms with Gasteiger partial charge in [0.1, 0.15) is 18.9 Å². The number of rotatable bonds is 6. The summed E-state index contributed by atoms with van der Waals surface area (Å²) in [4.78, 5) is 43.1. The molecule has 0 unspecified atom stereocenters. The van der Waals surface area contributed by atoms with E-state index in [4.69, 9.17) is 14.2 Å². The second-order valence-corrected chi connectivity index (χ2v) is 6.60. The normalized spacial score (nSPS) is 12.4. The lowest BCUT2D eigenvalue weighted by Gasteiger charge is -2.19. The first-order valence-electron chi connectivity index (χ1n) is 9.41. The summed E-state index contributed by atoms with van der Waals surface area (Å²) in [7, 11) is 0. The summed E-state index contributed by atoms with van der Waals surface area (Å²) in [6.07, 6.45) is 0.0501. The maximum atomic E-state index is 12.1. The summed E-state index contributed by atoms with van der Waals surface area (Å²) in [6.45, 7) is 0.487. The van der Waals surface area contributed by atoms with Gasteiger partial charge in [-0.3, -0.25) is 14.4 Å². The molecule has 0 atom stereocenters. The molecule has 4 rings (SSSR count). The molecule has 1 aliphatic rings. The van der Waals surface area contributed by atoms with Gasteiger partial charge >= 0.3 is 5.97 Å². The van der Waals surface area contributed by atoms with Gasteiger partial charge in [0.2, 0.25) is 0 Å². The zero-order valence-electron chi connectivity index (χ0n) is 16.0. The van der Waals surface area contributed by atoms with Crippen LogP contribution in [0.25, 0.3) is 11.0 Å². The van der Waals surface area contributed by atoms with E-state index in [9.17, 15) is 14.4 Å². The molecule has 9 nitrogen and oxygen atoms in total. The van der Waals surface area contributed by atoms with Crippen LogP contribution >= 0.6 is 0 Å². The fourth-order valence-corrected chi connectivity index (χ4v) is 2.99. The Morgan fingerprint density at radius 3 is 2.77 bits per heavy atom. The smallest absolute Gasteiger partial charge is 0.306 e. The Morgan fingerprint density at radius 1 is 1.10 bits per heavy atom. The molecule has 2 heterocycles. The number of nitrogens with one attached hydrogen (secondary N) is 2. The Balaban J connectivity index is 1.27. The molecule has 2 N–H and O–H groups in total. The molecule has 0 spiro atoms. The molecule has 9 heteroatoms. The van der Waals surface area contributed by atoms with E-state index in [0.717, 1.165) is 0 Å². The molecule has 0 aliphatic carbocycles. The maximum Gasteiger partial charge on any atom is 0.306 e. The second-order valence-electron chi connectivity index (χ2n) is 6.60. The average Bonchev–Trinajstić information content (AvgIpc) is 2.76. The number of carbonyl (C=O) groups is 2. The summed E-state index contributed by atoms with van der Waals surface area (Å²) >= 11 is 0. The van der Waals surface area contributed by atoms with Crippen molar-refractivity contribution < 1.29 is 23.8 Å². The minimum Gasteiger partial charge on any atom is -0.486 e. The van der Waals surface area contributed by atoms with Crippen molar-refractivity contribution in [2.24, 2.45) is 0 Å². The Hall–Kier alpha value is -3.88. The van der Waals surface area contributed by atoms with Gasteiger partial charge in [-0.1, -0.05) is 12.1 Å². The lowest BCUT2D eigenvalue weighted by Crippen LogP contribution is -2.22. The number of H-pyrrole nitrogens is 1. The Morgan fingerprint density at radius 2 is 1.90 bits per heavy atom. The molecule has 3 aromatic rings. The summed E-state index contributed by atoms with van der Waals surface area (Å²) in [6, 6.07) is 12.2. The number of aryl methyl sites for hydroxylation is 1. The molecule has 0 bridgehead atoms. The molecule has 30 heavy (non-hydrogen) atoms. The number of amides is 1. The Bertz CT molecular complexity index is 1160. The second kappa shape index (κ2) is 8.64. The van der Waals surface area contributed by atoms with E-state index in [1.165, 1.54) is 0 Å². The summed E-state index contributed by atoms with van der Waals surface area (Å²) < 4.78 is 15.9. The van der Waals surface area contributed by atoms with E-state index < -0.39 is 18.5 Å². The van der Waals surface area contributed by atoms with E-state index in [1.54, 1.807) is 36.4 Å². The van der Waals surface area contributed by atoms with Crippen molar-refractivity contribution in [1.82, 2.24) is 9.97 Å². The largest absolute Gasteiger partial charge is 0.486 e. The van der Waals surface area contributed by atoms with Crippen LogP contribution in [-0.2, 0) is 20.7 Å². The van der Waals surface area contributed by atoms with Crippen molar-refractivity contribution >= 4 is 28.6 Å². The molecule has 1 aliphatic heterocycles. The fourth-order valence-electron chi connectivity index (χ4n) is 2.99. The molecule has 1 amide bonds. The van der Waals surface area contributed by atoms with Crippen LogP contribution in [0.15, 0.2) is 47.3 Å². The van der Waals surface area contributed by atoms with Crippen molar-refractivity contribution in [3.63, 3.8) is 0 Å². The molecular formula is C21H19N3O6. The highest BCUT2D eigenvalue weighted by molar-refractivity contribution is 5.93. The van der Waals surface area contributed by atoms with Crippen LogP contribution in [0.1, 0.15) is 12.1 Å². The highest BCUT2D eigenvalue weighted by Gasteiger charge is 2.14. The minimum absolute atomic E-state index is 0.0638. The predicted octanol–water partition coefficient (Wildman–Crippen LogP) is 1.81. The van der Waals surface area contributed by atoms with Gasteiger partial charge in [0.15, 0.2) is 18.1 Å². The lowest BCUT2D eigenvalue weighted by molar-refractivity contribution is -0.147. The lowest BCUT2D eigenvalue weighted by atomic mass is 10.2. The van der Waals surface area contributed by atoms with Crippen molar-refractivity contribution in [1.29, 1.82) is 0 Å². The topological polar surface area (TPSA) is 120 Å². The summed E-state index contributed by atoms with van der Waals surface area (Å²) in [5.41, 5.74) is 1.67. The van der Waals surface area contributed by atoms with Crippen molar-refractivity contribution in [3.05, 3.63) is 58.5 Å². The third kappa shape index (κ3) is 4.57. The number of ether oxygens (including phenoxy) is 3. The standard InChI is InChI=1S/C21H19N3O6/c25-19(22-13-5-7-17-18(11-13)29-10-9-28-17)12-30-20(26)8-6-16-21(27)24-15-4-2-1-3-14(15)23-16/h1-5,7,11H,6,8-10,12H2,(H,22,25)(H,24,27). The Kier molecular flexibility index (Phi) is 5.60. The zero-order chi connectivity index (χ0) is 20.9. The fraction of sp³-hybridized carbons (Fsp3) is 0.238. The van der Waals surface area contributed by atoms with Gasteiger partial charge in [-0.15, -0.1) is 0 Å². The van der Waals surface area contributed by atoms with Crippen molar-refractivity contribution in [3.8, 4) is 11.5 Å². The highest BCUT2D eigenvalue weighted by Crippen LogP contribution is 2.32. The number of aromatic nitrogens is 2. The number of fused-ring (bicyclic) bond motifs is 2. The van der Waals surface area contributed by atoms with E-state index in [-0.39, 0.29) is 24.1 Å². The SMILES string of the molecule is O=C(COC(=O)CCc1nc2ccccc2[nH]c1=O)Nc1ccc2c(c1)OCCO2. The molecule has 2 aromatic carbocycles. The number of hydrogen-bond acceptors (Lipinski definition) is 7. The molecule has 0 radical (unpaired) electrons. The van der Waals surface area contributed by atoms with Gasteiger partial charge in [-0.2, -0.15) is 0 Å². The first kappa shape index (κ1) is 19.4. The number of nitrogens with zero attached hydrogens (tertiary/aromatic N) is 1. The minimum atomic E-state index is -0.596.